The summed E-state index contributed by atoms with van der Waals surface area (Å²) in [6, 6.07) is 16.0. The zero-order chi connectivity index (χ0) is 13.9. The summed E-state index contributed by atoms with van der Waals surface area (Å²) in [5.41, 5.74) is 2.07. The van der Waals surface area contributed by atoms with Crippen molar-refractivity contribution in [1.29, 1.82) is 0 Å². The van der Waals surface area contributed by atoms with Gasteiger partial charge in [0.1, 0.15) is 0 Å². The van der Waals surface area contributed by atoms with Gasteiger partial charge in [0.2, 0.25) is 5.91 Å². The molecule has 2 aromatic carbocycles. The van der Waals surface area contributed by atoms with Gasteiger partial charge in [0.05, 0.1) is 12.5 Å². The number of hydrogen-bond acceptors (Lipinski definition) is 3. The summed E-state index contributed by atoms with van der Waals surface area (Å²) in [7, 11) is 0. The number of nitrogens with one attached hydrogen (secondary N) is 1. The van der Waals surface area contributed by atoms with Gasteiger partial charge in [-0.1, -0.05) is 48.2 Å². The Balaban J connectivity index is 2.05. The molecule has 2 N–H and O–H groups in total. The summed E-state index contributed by atoms with van der Waals surface area (Å²) in [4.78, 5) is 14.7. The molecule has 1 amide bonds. The lowest BCUT2D eigenvalue weighted by Gasteiger charge is -2.26. The van der Waals surface area contributed by atoms with Crippen molar-refractivity contribution in [2.45, 2.75) is 15.7 Å². The first-order valence-corrected chi connectivity index (χ1v) is 7.37. The highest BCUT2D eigenvalue weighted by molar-refractivity contribution is 7.99. The molecular weight excluding hydrogens is 270 g/mol. The van der Waals surface area contributed by atoms with Crippen molar-refractivity contribution < 1.29 is 9.90 Å². The number of benzene rings is 2. The molecule has 3 nitrogen and oxygen atoms in total. The van der Waals surface area contributed by atoms with Gasteiger partial charge in [0.15, 0.2) is 0 Å². The third-order valence-electron chi connectivity index (χ3n) is 3.35. The van der Waals surface area contributed by atoms with E-state index in [1.165, 1.54) is 0 Å². The topological polar surface area (TPSA) is 49.3 Å². The molecule has 0 saturated heterocycles. The van der Waals surface area contributed by atoms with E-state index in [0.717, 1.165) is 20.9 Å². The SMILES string of the molecule is O=C(NCCO)C1c2ccccc2Sc2ccccc21. The van der Waals surface area contributed by atoms with Gasteiger partial charge in [-0.3, -0.25) is 4.79 Å². The molecule has 0 atom stereocenters. The summed E-state index contributed by atoms with van der Waals surface area (Å²) in [6.45, 7) is 0.239. The molecule has 0 bridgehead atoms. The zero-order valence-corrected chi connectivity index (χ0v) is 11.7. The molecule has 20 heavy (non-hydrogen) atoms. The number of carbonyl (C=O) groups excluding carboxylic acids is 1. The highest BCUT2D eigenvalue weighted by Gasteiger charge is 2.30. The lowest BCUT2D eigenvalue weighted by molar-refractivity contribution is -0.121. The standard InChI is InChI=1S/C16H15NO2S/c18-10-9-17-16(19)15-11-5-1-3-7-13(11)20-14-8-4-2-6-12(14)15/h1-8,15,18H,9-10H2,(H,17,19). The van der Waals surface area contributed by atoms with Crippen molar-refractivity contribution in [3.05, 3.63) is 59.7 Å². The number of fused-ring (bicyclic) bond motifs is 2. The van der Waals surface area contributed by atoms with E-state index < -0.39 is 0 Å². The lowest BCUT2D eigenvalue weighted by atomic mass is 9.90. The van der Waals surface area contributed by atoms with Crippen LogP contribution in [0.1, 0.15) is 17.0 Å². The molecule has 0 unspecified atom stereocenters. The maximum Gasteiger partial charge on any atom is 0.232 e. The van der Waals surface area contributed by atoms with Crippen molar-refractivity contribution in [3.8, 4) is 0 Å². The predicted molar refractivity (Wildman–Crippen MR) is 78.9 cm³/mol. The fourth-order valence-electron chi connectivity index (χ4n) is 2.47. The Morgan fingerprint density at radius 2 is 1.60 bits per heavy atom. The van der Waals surface area contributed by atoms with E-state index in [2.05, 4.69) is 5.32 Å². The minimum Gasteiger partial charge on any atom is -0.395 e. The Kier molecular flexibility index (Phi) is 3.76. The van der Waals surface area contributed by atoms with Crippen LogP contribution in [0.15, 0.2) is 58.3 Å². The van der Waals surface area contributed by atoms with E-state index in [4.69, 9.17) is 5.11 Å². The van der Waals surface area contributed by atoms with Crippen LogP contribution >= 0.6 is 11.8 Å². The highest BCUT2D eigenvalue weighted by Crippen LogP contribution is 2.45. The summed E-state index contributed by atoms with van der Waals surface area (Å²) in [6.07, 6.45) is 0. The summed E-state index contributed by atoms with van der Waals surface area (Å²) < 4.78 is 0. The first-order valence-electron chi connectivity index (χ1n) is 6.55. The quantitative estimate of drug-likeness (QED) is 0.910. The predicted octanol–water partition coefficient (Wildman–Crippen LogP) is 2.39. The fraction of sp³-hybridized carbons (Fsp3) is 0.188. The number of hydrogen-bond donors (Lipinski definition) is 2. The molecule has 0 aromatic heterocycles. The van der Waals surface area contributed by atoms with Crippen LogP contribution in [0, 0.1) is 0 Å². The molecule has 102 valence electrons. The number of carbonyl (C=O) groups is 1. The van der Waals surface area contributed by atoms with Gasteiger partial charge in [0, 0.05) is 16.3 Å². The molecule has 1 heterocycles. The molecule has 0 aliphatic carbocycles. The van der Waals surface area contributed by atoms with Crippen molar-refractivity contribution in [1.82, 2.24) is 5.32 Å². The first kappa shape index (κ1) is 13.2. The molecule has 0 radical (unpaired) electrons. The summed E-state index contributed by atoms with van der Waals surface area (Å²) in [5, 5.41) is 11.7. The normalized spacial score (nSPS) is 13.4. The van der Waals surface area contributed by atoms with Crippen LogP contribution in [-0.4, -0.2) is 24.2 Å². The molecule has 1 aliphatic rings. The second-order valence-electron chi connectivity index (χ2n) is 4.63. The molecule has 4 heteroatoms. The molecular formula is C16H15NO2S. The molecule has 3 rings (SSSR count). The van der Waals surface area contributed by atoms with Gasteiger partial charge in [-0.25, -0.2) is 0 Å². The van der Waals surface area contributed by atoms with E-state index in [9.17, 15) is 4.79 Å². The van der Waals surface area contributed by atoms with Gasteiger partial charge in [0.25, 0.3) is 0 Å². The average Bonchev–Trinajstić information content (AvgIpc) is 2.50. The Hall–Kier alpha value is -1.78. The van der Waals surface area contributed by atoms with Gasteiger partial charge in [-0.05, 0) is 23.3 Å². The average molecular weight is 285 g/mol. The van der Waals surface area contributed by atoms with Crippen molar-refractivity contribution in [3.63, 3.8) is 0 Å². The first-order chi connectivity index (χ1) is 9.81. The van der Waals surface area contributed by atoms with Gasteiger partial charge >= 0.3 is 0 Å². The molecule has 1 aliphatic heterocycles. The number of aliphatic hydroxyl groups is 1. The van der Waals surface area contributed by atoms with Crippen LogP contribution < -0.4 is 5.32 Å². The second kappa shape index (κ2) is 5.69. The number of aliphatic hydroxyl groups excluding tert-OH is 1. The third kappa shape index (κ3) is 2.32. The van der Waals surface area contributed by atoms with Crippen molar-refractivity contribution >= 4 is 17.7 Å². The summed E-state index contributed by atoms with van der Waals surface area (Å²) >= 11 is 1.70. The van der Waals surface area contributed by atoms with E-state index in [1.54, 1.807) is 11.8 Å². The summed E-state index contributed by atoms with van der Waals surface area (Å²) in [5.74, 6) is -0.352. The van der Waals surface area contributed by atoms with Crippen LogP contribution in [0.4, 0.5) is 0 Å². The maximum atomic E-state index is 12.5. The Bertz CT molecular complexity index is 596. The molecule has 0 spiro atoms. The van der Waals surface area contributed by atoms with Crippen LogP contribution in [0.25, 0.3) is 0 Å². The van der Waals surface area contributed by atoms with E-state index in [1.807, 2.05) is 48.5 Å². The van der Waals surface area contributed by atoms with E-state index >= 15 is 0 Å². The number of amides is 1. The Morgan fingerprint density at radius 1 is 1.05 bits per heavy atom. The minimum atomic E-state index is -0.296. The van der Waals surface area contributed by atoms with Crippen LogP contribution in [0.5, 0.6) is 0 Å². The number of rotatable bonds is 3. The third-order valence-corrected chi connectivity index (χ3v) is 4.54. The van der Waals surface area contributed by atoms with Crippen molar-refractivity contribution in [2.24, 2.45) is 0 Å². The van der Waals surface area contributed by atoms with Crippen molar-refractivity contribution in [2.75, 3.05) is 13.2 Å². The maximum absolute atomic E-state index is 12.5. The van der Waals surface area contributed by atoms with Gasteiger partial charge in [-0.15, -0.1) is 0 Å². The lowest BCUT2D eigenvalue weighted by Crippen LogP contribution is -2.33. The van der Waals surface area contributed by atoms with Gasteiger partial charge < -0.3 is 10.4 Å². The Morgan fingerprint density at radius 3 is 2.15 bits per heavy atom. The molecule has 0 fully saturated rings. The van der Waals surface area contributed by atoms with E-state index in [-0.39, 0.29) is 25.0 Å². The fourth-order valence-corrected chi connectivity index (χ4v) is 3.61. The monoisotopic (exact) mass is 285 g/mol. The smallest absolute Gasteiger partial charge is 0.232 e. The Labute approximate surface area is 122 Å². The van der Waals surface area contributed by atoms with Gasteiger partial charge in [-0.2, -0.15) is 0 Å². The molecule has 0 saturated carbocycles. The zero-order valence-electron chi connectivity index (χ0n) is 10.9. The van der Waals surface area contributed by atoms with Crippen LogP contribution in [0.2, 0.25) is 0 Å². The van der Waals surface area contributed by atoms with E-state index in [0.29, 0.717) is 0 Å². The minimum absolute atomic E-state index is 0.0451. The second-order valence-corrected chi connectivity index (χ2v) is 5.71. The van der Waals surface area contributed by atoms with Crippen LogP contribution in [0.3, 0.4) is 0 Å². The molecule has 2 aromatic rings. The largest absolute Gasteiger partial charge is 0.395 e. The van der Waals surface area contributed by atoms with Crippen LogP contribution in [-0.2, 0) is 4.79 Å². The highest BCUT2D eigenvalue weighted by atomic mass is 32.2.